The van der Waals surface area contributed by atoms with E-state index in [1.165, 1.54) is 25.3 Å². The minimum atomic E-state index is -4.07. The fourth-order valence-corrected chi connectivity index (χ4v) is 4.01. The largest absolute Gasteiger partial charge is 0.276 e. The quantitative estimate of drug-likeness (QED) is 0.326. The van der Waals surface area contributed by atoms with E-state index in [2.05, 4.69) is 15.0 Å². The zero-order valence-electron chi connectivity index (χ0n) is 17.0. The number of hydrogen-bond acceptors (Lipinski definition) is 6. The third-order valence-electron chi connectivity index (χ3n) is 4.77. The average molecular weight is 462 g/mol. The maximum absolute atomic E-state index is 12.5. The molecule has 0 bridgehead atoms. The molecule has 0 radical (unpaired) electrons. The Labute approximate surface area is 184 Å². The van der Waals surface area contributed by atoms with Crippen molar-refractivity contribution >= 4 is 33.5 Å². The summed E-state index contributed by atoms with van der Waals surface area (Å²) in [6, 6.07) is 11.1. The van der Waals surface area contributed by atoms with Gasteiger partial charge in [0.2, 0.25) is 0 Å². The number of nitrogens with one attached hydrogen (secondary N) is 1. The van der Waals surface area contributed by atoms with Gasteiger partial charge in [0.25, 0.3) is 15.7 Å². The number of nitro benzene ring substituents is 1. The van der Waals surface area contributed by atoms with Gasteiger partial charge in [0.1, 0.15) is 0 Å². The molecule has 9 nitrogen and oxygen atoms in total. The summed E-state index contributed by atoms with van der Waals surface area (Å²) in [5.74, 6) is 0. The normalized spacial score (nSPS) is 11.7. The second kappa shape index (κ2) is 8.86. The molecule has 162 valence electrons. The van der Waals surface area contributed by atoms with Crippen LogP contribution in [0, 0.1) is 30.9 Å². The summed E-state index contributed by atoms with van der Waals surface area (Å²) in [7, 11) is -4.07. The van der Waals surface area contributed by atoms with Crippen molar-refractivity contribution in [3.63, 3.8) is 0 Å². The molecule has 0 fully saturated rings. The zero-order valence-corrected chi connectivity index (χ0v) is 18.6. The number of rotatable bonds is 7. The summed E-state index contributed by atoms with van der Waals surface area (Å²) in [5, 5.41) is 20.0. The molecule has 0 saturated carbocycles. The summed E-state index contributed by atoms with van der Waals surface area (Å²) in [6.07, 6.45) is 1.36. The van der Waals surface area contributed by atoms with Crippen molar-refractivity contribution < 1.29 is 13.3 Å². The highest BCUT2D eigenvalue weighted by atomic mass is 35.5. The first-order valence-electron chi connectivity index (χ1n) is 9.17. The van der Waals surface area contributed by atoms with E-state index >= 15 is 0 Å². The molecule has 31 heavy (non-hydrogen) atoms. The molecular formula is C20H20ClN5O4S. The molecule has 1 heterocycles. The van der Waals surface area contributed by atoms with Gasteiger partial charge in [-0.3, -0.25) is 14.8 Å². The molecule has 1 aromatic heterocycles. The van der Waals surface area contributed by atoms with Gasteiger partial charge in [-0.2, -0.15) is 18.6 Å². The van der Waals surface area contributed by atoms with Gasteiger partial charge in [-0.1, -0.05) is 35.9 Å². The van der Waals surface area contributed by atoms with Crippen LogP contribution >= 0.6 is 11.6 Å². The van der Waals surface area contributed by atoms with E-state index in [-0.39, 0.29) is 10.6 Å². The molecule has 3 aromatic rings. The number of nitrogens with zero attached hydrogens (tertiary/aromatic N) is 4. The summed E-state index contributed by atoms with van der Waals surface area (Å²) in [6.45, 7) is 5.62. The van der Waals surface area contributed by atoms with E-state index in [0.29, 0.717) is 28.4 Å². The fourth-order valence-electron chi connectivity index (χ4n) is 3.01. The van der Waals surface area contributed by atoms with Gasteiger partial charge in [-0.15, -0.1) is 0 Å². The highest BCUT2D eigenvalue weighted by molar-refractivity contribution is 7.89. The van der Waals surface area contributed by atoms with Gasteiger partial charge in [0.15, 0.2) is 0 Å². The smallest absolute Gasteiger partial charge is 0.264 e. The van der Waals surface area contributed by atoms with Crippen molar-refractivity contribution in [1.29, 1.82) is 0 Å². The van der Waals surface area contributed by atoms with Gasteiger partial charge in [0, 0.05) is 27.9 Å². The van der Waals surface area contributed by atoms with Crippen LogP contribution in [0.4, 0.5) is 5.69 Å². The lowest BCUT2D eigenvalue weighted by Gasteiger charge is -2.07. The SMILES string of the molecule is Cc1ccc(S(=O)(=O)N/N=C/c2c(C)nn(Cc3ccccc3Cl)c2C)cc1[N+](=O)[O-]. The molecule has 11 heteroatoms. The van der Waals surface area contributed by atoms with E-state index in [9.17, 15) is 18.5 Å². The molecule has 0 amide bonds. The third-order valence-corrected chi connectivity index (χ3v) is 6.36. The number of hydrogen-bond donors (Lipinski definition) is 1. The van der Waals surface area contributed by atoms with Crippen LogP contribution in [0.2, 0.25) is 5.02 Å². The second-order valence-electron chi connectivity index (χ2n) is 6.89. The van der Waals surface area contributed by atoms with Crippen LogP contribution in [0.15, 0.2) is 52.5 Å². The van der Waals surface area contributed by atoms with Crippen molar-refractivity contribution in [3.05, 3.63) is 85.7 Å². The predicted molar refractivity (Wildman–Crippen MR) is 118 cm³/mol. The predicted octanol–water partition coefficient (Wildman–Crippen LogP) is 3.73. The highest BCUT2D eigenvalue weighted by Crippen LogP contribution is 2.22. The number of hydrazone groups is 1. The number of benzene rings is 2. The minimum absolute atomic E-state index is 0.246. The molecule has 0 atom stereocenters. The van der Waals surface area contributed by atoms with Gasteiger partial charge in [-0.25, -0.2) is 4.83 Å². The van der Waals surface area contributed by atoms with Crippen LogP contribution in [0.3, 0.4) is 0 Å². The van der Waals surface area contributed by atoms with Crippen LogP contribution in [0.1, 0.15) is 28.1 Å². The first-order valence-corrected chi connectivity index (χ1v) is 11.0. The Morgan fingerprint density at radius 2 is 1.94 bits per heavy atom. The molecule has 2 aromatic carbocycles. The molecule has 0 aliphatic heterocycles. The van der Waals surface area contributed by atoms with Gasteiger partial charge in [0.05, 0.1) is 28.3 Å². The van der Waals surface area contributed by atoms with Crippen molar-refractivity contribution in [1.82, 2.24) is 14.6 Å². The minimum Gasteiger partial charge on any atom is -0.264 e. The molecule has 0 aliphatic carbocycles. The zero-order chi connectivity index (χ0) is 22.8. The maximum Gasteiger partial charge on any atom is 0.276 e. The van der Waals surface area contributed by atoms with Crippen molar-refractivity contribution in [2.45, 2.75) is 32.2 Å². The Morgan fingerprint density at radius 1 is 1.23 bits per heavy atom. The van der Waals surface area contributed by atoms with Crippen LogP contribution in [0.5, 0.6) is 0 Å². The Bertz CT molecular complexity index is 1280. The fraction of sp³-hybridized carbons (Fsp3) is 0.200. The number of aryl methyl sites for hydroxylation is 2. The van der Waals surface area contributed by atoms with E-state index < -0.39 is 14.9 Å². The number of aromatic nitrogens is 2. The lowest BCUT2D eigenvalue weighted by atomic mass is 10.2. The number of sulfonamides is 1. The van der Waals surface area contributed by atoms with E-state index in [1.54, 1.807) is 17.7 Å². The lowest BCUT2D eigenvalue weighted by molar-refractivity contribution is -0.385. The van der Waals surface area contributed by atoms with Crippen LogP contribution in [0.25, 0.3) is 0 Å². The second-order valence-corrected chi connectivity index (χ2v) is 8.96. The van der Waals surface area contributed by atoms with E-state index in [1.807, 2.05) is 25.1 Å². The maximum atomic E-state index is 12.5. The van der Waals surface area contributed by atoms with Gasteiger partial charge >= 0.3 is 0 Å². The van der Waals surface area contributed by atoms with Gasteiger partial charge < -0.3 is 0 Å². The van der Waals surface area contributed by atoms with Crippen LogP contribution in [-0.2, 0) is 16.6 Å². The summed E-state index contributed by atoms with van der Waals surface area (Å²) >= 11 is 6.22. The van der Waals surface area contributed by atoms with Crippen LogP contribution < -0.4 is 4.83 Å². The monoisotopic (exact) mass is 461 g/mol. The summed E-state index contributed by atoms with van der Waals surface area (Å²) in [4.78, 5) is 12.3. The Morgan fingerprint density at radius 3 is 2.61 bits per heavy atom. The topological polar surface area (TPSA) is 119 Å². The molecule has 3 rings (SSSR count). The molecule has 0 saturated heterocycles. The molecule has 0 aliphatic rings. The molecular weight excluding hydrogens is 442 g/mol. The average Bonchev–Trinajstić information content (AvgIpc) is 2.97. The molecule has 1 N–H and O–H groups in total. The standard InChI is InChI=1S/C20H20ClN5O4S/c1-13-8-9-17(10-20(13)26(27)28)31(29,30)24-22-11-18-14(2)23-25(15(18)3)12-16-6-4-5-7-19(16)21/h4-11,24H,12H2,1-3H3/b22-11+. The number of halogens is 1. The Kier molecular flexibility index (Phi) is 6.42. The van der Waals surface area contributed by atoms with E-state index in [0.717, 1.165) is 17.3 Å². The molecule has 0 unspecified atom stereocenters. The van der Waals surface area contributed by atoms with Crippen molar-refractivity contribution in [3.8, 4) is 0 Å². The highest BCUT2D eigenvalue weighted by Gasteiger charge is 2.19. The Balaban J connectivity index is 1.81. The number of nitro groups is 1. The lowest BCUT2D eigenvalue weighted by Crippen LogP contribution is -2.18. The van der Waals surface area contributed by atoms with Crippen molar-refractivity contribution in [2.75, 3.05) is 0 Å². The summed E-state index contributed by atoms with van der Waals surface area (Å²) < 4.78 is 26.7. The first kappa shape index (κ1) is 22.4. The Hall–Kier alpha value is -3.24. The van der Waals surface area contributed by atoms with Gasteiger partial charge in [-0.05, 0) is 38.5 Å². The third kappa shape index (κ3) is 4.92. The van der Waals surface area contributed by atoms with Crippen LogP contribution in [-0.4, -0.2) is 29.3 Å². The first-order chi connectivity index (χ1) is 14.6. The molecule has 0 spiro atoms. The van der Waals surface area contributed by atoms with E-state index in [4.69, 9.17) is 11.6 Å². The summed E-state index contributed by atoms with van der Waals surface area (Å²) in [5.41, 5.74) is 3.10. The van der Waals surface area contributed by atoms with Crippen molar-refractivity contribution in [2.24, 2.45) is 5.10 Å².